The molecule has 1 saturated heterocycles. The Morgan fingerprint density at radius 2 is 1.77 bits per heavy atom. The second kappa shape index (κ2) is 8.15. The number of carbonyl (C=O) groups excluding carboxylic acids is 2. The molecule has 0 atom stereocenters. The van der Waals surface area contributed by atoms with E-state index in [9.17, 15) is 32.9 Å². The summed E-state index contributed by atoms with van der Waals surface area (Å²) < 4.78 is 37.1. The van der Waals surface area contributed by atoms with Crippen LogP contribution in [0.1, 0.15) is 18.4 Å². The molecule has 0 bridgehead atoms. The molecule has 1 aliphatic rings. The maximum absolute atomic E-state index is 12.4. The average molecular weight is 373 g/mol. The molecule has 0 radical (unpaired) electrons. The largest absolute Gasteiger partial charge is 0.471 e. The Kier molecular flexibility index (Phi) is 6.17. The third-order valence-corrected chi connectivity index (χ3v) is 4.26. The molecule has 2 rings (SSSR count). The number of nitro benzene ring substituents is 1. The first-order valence-electron chi connectivity index (χ1n) is 8.05. The molecular formula is C16H18F3N3O4. The summed E-state index contributed by atoms with van der Waals surface area (Å²) in [6.07, 6.45) is -4.04. The molecule has 7 nitrogen and oxygen atoms in total. The number of hydrogen-bond acceptors (Lipinski definition) is 4. The second-order valence-electron chi connectivity index (χ2n) is 6.03. The van der Waals surface area contributed by atoms with E-state index in [0.29, 0.717) is 13.0 Å². The van der Waals surface area contributed by atoms with Gasteiger partial charge in [-0.1, -0.05) is 12.1 Å². The number of carbonyl (C=O) groups is 2. The van der Waals surface area contributed by atoms with E-state index in [1.807, 2.05) is 0 Å². The number of amides is 2. The van der Waals surface area contributed by atoms with Crippen molar-refractivity contribution < 1.29 is 27.7 Å². The van der Waals surface area contributed by atoms with Crippen molar-refractivity contribution in [2.24, 2.45) is 5.92 Å². The smallest absolute Gasteiger partial charge is 0.356 e. The van der Waals surface area contributed by atoms with Gasteiger partial charge in [0.05, 0.1) is 4.92 Å². The molecule has 1 aliphatic heterocycles. The van der Waals surface area contributed by atoms with Gasteiger partial charge in [0.1, 0.15) is 0 Å². The maximum atomic E-state index is 12.4. The van der Waals surface area contributed by atoms with Crippen LogP contribution in [0.25, 0.3) is 0 Å². The van der Waals surface area contributed by atoms with Gasteiger partial charge in [-0.25, -0.2) is 0 Å². The van der Waals surface area contributed by atoms with E-state index >= 15 is 0 Å². The Labute approximate surface area is 147 Å². The number of hydrogen-bond donors (Lipinski definition) is 1. The Morgan fingerprint density at radius 3 is 2.27 bits per heavy atom. The molecule has 1 fully saturated rings. The van der Waals surface area contributed by atoms with Crippen LogP contribution in [0.2, 0.25) is 0 Å². The Hall–Kier alpha value is -2.65. The van der Waals surface area contributed by atoms with Crippen LogP contribution in [-0.4, -0.2) is 47.4 Å². The van der Waals surface area contributed by atoms with Crippen molar-refractivity contribution in [2.45, 2.75) is 25.4 Å². The molecule has 1 heterocycles. The number of benzene rings is 1. The Morgan fingerprint density at radius 1 is 1.19 bits per heavy atom. The summed E-state index contributed by atoms with van der Waals surface area (Å²) in [5, 5.41) is 13.3. The van der Waals surface area contributed by atoms with E-state index in [4.69, 9.17) is 0 Å². The molecule has 0 unspecified atom stereocenters. The van der Waals surface area contributed by atoms with Crippen molar-refractivity contribution in [3.05, 3.63) is 39.9 Å². The van der Waals surface area contributed by atoms with Gasteiger partial charge in [0, 0.05) is 37.7 Å². The lowest BCUT2D eigenvalue weighted by Gasteiger charge is -2.31. The van der Waals surface area contributed by atoms with Crippen molar-refractivity contribution in [1.82, 2.24) is 10.2 Å². The van der Waals surface area contributed by atoms with Gasteiger partial charge in [0.25, 0.3) is 5.69 Å². The summed E-state index contributed by atoms with van der Waals surface area (Å²) in [7, 11) is 0. The van der Waals surface area contributed by atoms with E-state index < -0.39 is 22.9 Å². The highest BCUT2D eigenvalue weighted by molar-refractivity contribution is 5.83. The van der Waals surface area contributed by atoms with Gasteiger partial charge in [-0.15, -0.1) is 0 Å². The van der Waals surface area contributed by atoms with Crippen LogP contribution >= 0.6 is 0 Å². The maximum Gasteiger partial charge on any atom is 0.471 e. The highest BCUT2D eigenvalue weighted by Crippen LogP contribution is 2.24. The monoisotopic (exact) mass is 373 g/mol. The van der Waals surface area contributed by atoms with Crippen LogP contribution in [0.5, 0.6) is 0 Å². The van der Waals surface area contributed by atoms with Crippen LogP contribution in [-0.2, 0) is 16.0 Å². The minimum absolute atomic E-state index is 0.0158. The van der Waals surface area contributed by atoms with Crippen LogP contribution < -0.4 is 5.32 Å². The molecule has 0 aromatic heterocycles. The van der Waals surface area contributed by atoms with Gasteiger partial charge in [0.15, 0.2) is 0 Å². The van der Waals surface area contributed by atoms with Gasteiger partial charge < -0.3 is 10.2 Å². The zero-order chi connectivity index (χ0) is 19.3. The number of nitrogens with one attached hydrogen (secondary N) is 1. The number of likely N-dealkylation sites (tertiary alicyclic amines) is 1. The molecule has 1 aromatic carbocycles. The fourth-order valence-corrected chi connectivity index (χ4v) is 2.78. The summed E-state index contributed by atoms with van der Waals surface area (Å²) in [6.45, 7) is 0.121. The number of piperidine rings is 1. The van der Waals surface area contributed by atoms with Crippen LogP contribution in [0, 0.1) is 16.0 Å². The van der Waals surface area contributed by atoms with Gasteiger partial charge in [0.2, 0.25) is 5.91 Å². The third-order valence-electron chi connectivity index (χ3n) is 4.26. The average Bonchev–Trinajstić information content (AvgIpc) is 2.60. The lowest BCUT2D eigenvalue weighted by Crippen LogP contribution is -2.47. The number of halogens is 3. The minimum atomic E-state index is -4.89. The topological polar surface area (TPSA) is 92.5 Å². The fourth-order valence-electron chi connectivity index (χ4n) is 2.78. The predicted molar refractivity (Wildman–Crippen MR) is 85.2 cm³/mol. The molecular weight excluding hydrogens is 355 g/mol. The number of nitrogens with zero attached hydrogens (tertiary/aromatic N) is 2. The molecule has 10 heteroatoms. The quantitative estimate of drug-likeness (QED) is 0.632. The summed E-state index contributed by atoms with van der Waals surface area (Å²) in [5.74, 6) is -2.55. The van der Waals surface area contributed by atoms with E-state index in [0.717, 1.165) is 10.5 Å². The molecule has 26 heavy (non-hydrogen) atoms. The SMILES string of the molecule is O=C(NCCc1ccc([N+](=O)[O-])cc1)C1CCN(C(=O)C(F)(F)F)CC1. The lowest BCUT2D eigenvalue weighted by molar-refractivity contribution is -0.384. The summed E-state index contributed by atoms with van der Waals surface area (Å²) in [6, 6.07) is 5.96. The van der Waals surface area contributed by atoms with Crippen LogP contribution in [0.15, 0.2) is 24.3 Å². The summed E-state index contributed by atoms with van der Waals surface area (Å²) >= 11 is 0. The number of alkyl halides is 3. The van der Waals surface area contributed by atoms with Crippen molar-refractivity contribution >= 4 is 17.5 Å². The third kappa shape index (κ3) is 5.17. The molecule has 0 spiro atoms. The minimum Gasteiger partial charge on any atom is -0.356 e. The highest BCUT2D eigenvalue weighted by Gasteiger charge is 2.43. The first kappa shape index (κ1) is 19.7. The van der Waals surface area contributed by atoms with Crippen LogP contribution in [0.4, 0.5) is 18.9 Å². The van der Waals surface area contributed by atoms with E-state index in [1.54, 1.807) is 12.1 Å². The molecule has 142 valence electrons. The van der Waals surface area contributed by atoms with Gasteiger partial charge >= 0.3 is 12.1 Å². The van der Waals surface area contributed by atoms with E-state index in [2.05, 4.69) is 5.32 Å². The van der Waals surface area contributed by atoms with Crippen molar-refractivity contribution in [3.63, 3.8) is 0 Å². The molecule has 1 aromatic rings. The standard InChI is InChI=1S/C16H18F3N3O4/c17-16(18,19)15(24)21-9-6-12(7-10-21)14(23)20-8-5-11-1-3-13(4-2-11)22(25)26/h1-4,12H,5-10H2,(H,20,23). The number of non-ortho nitro benzene ring substituents is 1. The Balaban J connectivity index is 1.74. The molecule has 0 saturated carbocycles. The first-order valence-corrected chi connectivity index (χ1v) is 8.05. The van der Waals surface area contributed by atoms with Crippen molar-refractivity contribution in [2.75, 3.05) is 19.6 Å². The van der Waals surface area contributed by atoms with Gasteiger partial charge in [-0.05, 0) is 24.8 Å². The van der Waals surface area contributed by atoms with Crippen molar-refractivity contribution in [3.8, 4) is 0 Å². The summed E-state index contributed by atoms with van der Waals surface area (Å²) in [4.78, 5) is 34.0. The van der Waals surface area contributed by atoms with Crippen LogP contribution in [0.3, 0.4) is 0 Å². The van der Waals surface area contributed by atoms with E-state index in [1.165, 1.54) is 12.1 Å². The molecule has 0 aliphatic carbocycles. The van der Waals surface area contributed by atoms with Gasteiger partial charge in [-0.3, -0.25) is 19.7 Å². The fraction of sp³-hybridized carbons (Fsp3) is 0.500. The zero-order valence-corrected chi connectivity index (χ0v) is 13.8. The predicted octanol–water partition coefficient (Wildman–Crippen LogP) is 2.05. The zero-order valence-electron chi connectivity index (χ0n) is 13.8. The number of nitro groups is 1. The molecule has 2 amide bonds. The second-order valence-corrected chi connectivity index (χ2v) is 6.03. The van der Waals surface area contributed by atoms with Crippen molar-refractivity contribution in [1.29, 1.82) is 0 Å². The normalized spacial score (nSPS) is 15.6. The Bertz CT molecular complexity index is 668. The molecule has 1 N–H and O–H groups in total. The summed E-state index contributed by atoms with van der Waals surface area (Å²) in [5.41, 5.74) is 0.805. The lowest BCUT2D eigenvalue weighted by atomic mass is 9.95. The van der Waals surface area contributed by atoms with E-state index in [-0.39, 0.29) is 37.5 Å². The number of rotatable bonds is 5. The first-order chi connectivity index (χ1) is 12.2. The van der Waals surface area contributed by atoms with Gasteiger partial charge in [-0.2, -0.15) is 13.2 Å². The highest BCUT2D eigenvalue weighted by atomic mass is 19.4.